The van der Waals surface area contributed by atoms with Crippen molar-refractivity contribution in [3.05, 3.63) is 0 Å². The van der Waals surface area contributed by atoms with Gasteiger partial charge in [0.15, 0.2) is 0 Å². The summed E-state index contributed by atoms with van der Waals surface area (Å²) in [6.45, 7) is 4.64. The summed E-state index contributed by atoms with van der Waals surface area (Å²) in [4.78, 5) is 37.0. The number of nitrogens with zero attached hydrogens (tertiary/aromatic N) is 2. The Morgan fingerprint density at radius 1 is 1.30 bits per heavy atom. The Hall–Kier alpha value is -1.92. The summed E-state index contributed by atoms with van der Waals surface area (Å²) in [5.74, 6) is -1.22. The summed E-state index contributed by atoms with van der Waals surface area (Å²) in [6, 6.07) is -2.08. The molecule has 3 aliphatic heterocycles. The van der Waals surface area contributed by atoms with Crippen LogP contribution < -0.4 is 5.73 Å². The fourth-order valence-electron chi connectivity index (χ4n) is 3.88. The van der Waals surface area contributed by atoms with E-state index >= 15 is 0 Å². The maximum atomic E-state index is 12.4. The molecule has 3 rings (SSSR count). The second-order valence-electron chi connectivity index (χ2n) is 8.04. The molecule has 12 heteroatoms. The predicted molar refractivity (Wildman–Crippen MR) is 88.8 cm³/mol. The van der Waals surface area contributed by atoms with Crippen molar-refractivity contribution in [1.29, 1.82) is 0 Å². The van der Waals surface area contributed by atoms with Gasteiger partial charge in [0.05, 0.1) is 18.1 Å². The Balaban J connectivity index is 1.65. The van der Waals surface area contributed by atoms with Crippen molar-refractivity contribution < 1.29 is 36.0 Å². The van der Waals surface area contributed by atoms with E-state index in [-0.39, 0.29) is 13.0 Å². The molecule has 3 saturated heterocycles. The first kappa shape index (κ1) is 19.8. The lowest BCUT2D eigenvalue weighted by atomic mass is 9.84. The van der Waals surface area contributed by atoms with E-state index in [1.807, 2.05) is 0 Å². The van der Waals surface area contributed by atoms with Crippen molar-refractivity contribution in [2.75, 3.05) is 13.2 Å². The van der Waals surface area contributed by atoms with Crippen LogP contribution in [0.2, 0.25) is 0 Å². The van der Waals surface area contributed by atoms with E-state index in [9.17, 15) is 22.8 Å². The molecule has 3 heterocycles. The van der Waals surface area contributed by atoms with Crippen molar-refractivity contribution in [2.24, 2.45) is 11.1 Å². The number of amides is 3. The van der Waals surface area contributed by atoms with Gasteiger partial charge in [-0.3, -0.25) is 9.59 Å². The highest BCUT2D eigenvalue weighted by Gasteiger charge is 2.52. The van der Waals surface area contributed by atoms with Gasteiger partial charge in [-0.05, 0) is 33.6 Å². The maximum absolute atomic E-state index is 12.4. The number of cyclic esters (lactones) is 1. The lowest BCUT2D eigenvalue weighted by Crippen LogP contribution is -2.47. The number of nitrogens with two attached hydrogens (primary N) is 1. The second kappa shape index (κ2) is 6.31. The highest BCUT2D eigenvalue weighted by atomic mass is 32.3. The topological polar surface area (TPSA) is 146 Å². The van der Waals surface area contributed by atoms with E-state index < -0.39 is 58.0 Å². The molecule has 2 N–H and O–H groups in total. The van der Waals surface area contributed by atoms with Gasteiger partial charge in [-0.1, -0.05) is 0 Å². The Morgan fingerprint density at radius 2 is 1.96 bits per heavy atom. The summed E-state index contributed by atoms with van der Waals surface area (Å²) in [5.41, 5.74) is 3.40. The largest absolute Gasteiger partial charge is 0.459 e. The highest BCUT2D eigenvalue weighted by molar-refractivity contribution is 7.81. The minimum atomic E-state index is -4.61. The van der Waals surface area contributed by atoms with Gasteiger partial charge in [-0.25, -0.2) is 8.98 Å². The first-order valence-corrected chi connectivity index (χ1v) is 9.88. The first-order valence-electron chi connectivity index (χ1n) is 8.55. The van der Waals surface area contributed by atoms with Crippen LogP contribution in [0.25, 0.3) is 0 Å². The zero-order chi connectivity index (χ0) is 20.2. The number of primary amides is 1. The van der Waals surface area contributed by atoms with Crippen LogP contribution in [0.5, 0.6) is 0 Å². The number of ether oxygens (including phenoxy) is 1. The van der Waals surface area contributed by atoms with Crippen molar-refractivity contribution in [3.8, 4) is 0 Å². The van der Waals surface area contributed by atoms with Gasteiger partial charge in [0.25, 0.3) is 0 Å². The summed E-state index contributed by atoms with van der Waals surface area (Å²) in [6.07, 6.45) is 0.961. The number of rotatable bonds is 6. The zero-order valence-electron chi connectivity index (χ0n) is 15.3. The molecule has 1 unspecified atom stereocenters. The summed E-state index contributed by atoms with van der Waals surface area (Å²) < 4.78 is 39.3. The van der Waals surface area contributed by atoms with Gasteiger partial charge < -0.3 is 15.4 Å². The monoisotopic (exact) mass is 405 g/mol. The third kappa shape index (κ3) is 3.73. The molecule has 2 bridgehead atoms. The van der Waals surface area contributed by atoms with Crippen LogP contribution in [0.4, 0.5) is 4.79 Å². The third-order valence-corrected chi connectivity index (χ3v) is 5.77. The van der Waals surface area contributed by atoms with Gasteiger partial charge in [-0.15, -0.1) is 4.28 Å². The SMILES string of the molecule is CC1(C)CC(C)(COS(=O)(=O)ON2C(=O)N3C[C@H]2CC[C@H]3C(N)=O)C(=O)O1. The van der Waals surface area contributed by atoms with Gasteiger partial charge >= 0.3 is 22.4 Å². The average molecular weight is 405 g/mol. The molecule has 0 aromatic rings. The number of urea groups is 1. The van der Waals surface area contributed by atoms with Crippen molar-refractivity contribution in [1.82, 2.24) is 9.96 Å². The smallest absolute Gasteiger partial charge is 0.421 e. The minimum Gasteiger partial charge on any atom is -0.459 e. The van der Waals surface area contributed by atoms with Gasteiger partial charge in [0.2, 0.25) is 5.91 Å². The number of fused-ring (bicyclic) bond motifs is 2. The number of carbonyl (C=O) groups excluding carboxylic acids is 3. The molecule has 11 nitrogen and oxygen atoms in total. The van der Waals surface area contributed by atoms with Crippen molar-refractivity contribution in [2.45, 2.75) is 57.7 Å². The van der Waals surface area contributed by atoms with Crippen LogP contribution in [-0.4, -0.2) is 67.1 Å². The fourth-order valence-corrected chi connectivity index (χ4v) is 4.71. The Bertz CT molecular complexity index is 782. The molecule has 0 radical (unpaired) electrons. The van der Waals surface area contributed by atoms with E-state index in [2.05, 4.69) is 0 Å². The highest BCUT2D eigenvalue weighted by Crippen LogP contribution is 2.40. The van der Waals surface area contributed by atoms with E-state index in [0.29, 0.717) is 17.9 Å². The third-order valence-electron chi connectivity index (χ3n) is 5.02. The molecular formula is C15H23N3O8S. The second-order valence-corrected chi connectivity index (χ2v) is 9.24. The number of hydrogen-bond donors (Lipinski definition) is 1. The standard InChI is InChI=1S/C15H23N3O8S/c1-14(2)7-15(3,12(20)25-14)8-24-27(22,23)26-18-9-4-5-10(11(16)19)17(6-9)13(18)21/h9-10H,4-8H2,1-3H3,(H2,16,19)/t9-,10+,15?/m1/s1. The van der Waals surface area contributed by atoms with Crippen LogP contribution in [0.3, 0.4) is 0 Å². The number of hydrogen-bond acceptors (Lipinski definition) is 8. The average Bonchev–Trinajstić information content (AvgIpc) is 2.89. The predicted octanol–water partition coefficient (Wildman–Crippen LogP) is -0.335. The van der Waals surface area contributed by atoms with E-state index in [4.69, 9.17) is 18.9 Å². The van der Waals surface area contributed by atoms with E-state index in [1.54, 1.807) is 13.8 Å². The van der Waals surface area contributed by atoms with Gasteiger partial charge in [0, 0.05) is 13.0 Å². The molecule has 0 aromatic carbocycles. The number of piperidine rings is 1. The zero-order valence-corrected chi connectivity index (χ0v) is 16.2. The maximum Gasteiger partial charge on any atom is 0.421 e. The summed E-state index contributed by atoms with van der Waals surface area (Å²) in [7, 11) is -4.61. The van der Waals surface area contributed by atoms with Crippen LogP contribution in [0.1, 0.15) is 40.0 Å². The molecule has 0 saturated carbocycles. The number of esters is 1. The van der Waals surface area contributed by atoms with E-state index in [1.165, 1.54) is 11.8 Å². The molecule has 3 atom stereocenters. The Labute approximate surface area is 157 Å². The molecule has 27 heavy (non-hydrogen) atoms. The first-order chi connectivity index (χ1) is 12.3. The summed E-state index contributed by atoms with van der Waals surface area (Å²) in [5, 5.41) is 0.692. The molecule has 3 fully saturated rings. The van der Waals surface area contributed by atoms with Crippen LogP contribution >= 0.6 is 0 Å². The Kier molecular flexibility index (Phi) is 4.64. The Morgan fingerprint density at radius 3 is 2.52 bits per heavy atom. The number of carbonyl (C=O) groups is 3. The fraction of sp³-hybridized carbons (Fsp3) is 0.800. The van der Waals surface area contributed by atoms with E-state index in [0.717, 1.165) is 0 Å². The van der Waals surface area contributed by atoms with Crippen LogP contribution in [0.15, 0.2) is 0 Å². The van der Waals surface area contributed by atoms with Gasteiger partial charge in [0.1, 0.15) is 11.6 Å². The molecule has 152 valence electrons. The molecule has 0 aliphatic carbocycles. The normalized spacial score (nSPS) is 32.7. The number of hydroxylamine groups is 2. The molecule has 3 aliphatic rings. The van der Waals surface area contributed by atoms with Crippen molar-refractivity contribution >= 4 is 28.3 Å². The van der Waals surface area contributed by atoms with Crippen molar-refractivity contribution in [3.63, 3.8) is 0 Å². The molecule has 3 amide bonds. The molecular weight excluding hydrogens is 382 g/mol. The lowest BCUT2D eigenvalue weighted by Gasteiger charge is -2.27. The van der Waals surface area contributed by atoms with Crippen LogP contribution in [0, 0.1) is 5.41 Å². The minimum absolute atomic E-state index is 0.139. The molecule has 0 aromatic heterocycles. The summed E-state index contributed by atoms with van der Waals surface area (Å²) >= 11 is 0. The lowest BCUT2D eigenvalue weighted by molar-refractivity contribution is -0.152. The molecule has 0 spiro atoms. The van der Waals surface area contributed by atoms with Crippen LogP contribution in [-0.2, 0) is 33.2 Å². The van der Waals surface area contributed by atoms with Gasteiger partial charge in [-0.2, -0.15) is 13.5 Å². The quantitative estimate of drug-likeness (QED) is 0.591.